The highest BCUT2D eigenvalue weighted by molar-refractivity contribution is 5.93. The Kier molecular flexibility index (Phi) is 4.27. The molecule has 3 heterocycles. The second-order valence-electron chi connectivity index (χ2n) is 6.80. The van der Waals surface area contributed by atoms with Gasteiger partial charge in [0.1, 0.15) is 12.2 Å². The molecule has 0 saturated heterocycles. The van der Waals surface area contributed by atoms with E-state index in [-0.39, 0.29) is 23.9 Å². The number of carbonyl (C=O) groups excluding carboxylic acids is 2. The molecular weight excluding hydrogens is 344 g/mol. The summed E-state index contributed by atoms with van der Waals surface area (Å²) in [6.07, 6.45) is 2.80. The normalized spacial score (nSPS) is 13.3. The number of hydrogen-bond donors (Lipinski definition) is 3. The molecule has 0 saturated carbocycles. The molecule has 1 aliphatic rings. The monoisotopic (exact) mass is 364 g/mol. The third-order valence-corrected chi connectivity index (χ3v) is 4.88. The first kappa shape index (κ1) is 17.1. The van der Waals surface area contributed by atoms with Crippen molar-refractivity contribution in [3.05, 3.63) is 63.7 Å². The van der Waals surface area contributed by atoms with Crippen molar-refractivity contribution in [2.45, 2.75) is 32.9 Å². The molecule has 0 atom stereocenters. The molecule has 2 aromatic heterocycles. The van der Waals surface area contributed by atoms with E-state index in [1.807, 2.05) is 36.5 Å². The van der Waals surface area contributed by atoms with Gasteiger partial charge in [-0.25, -0.2) is 0 Å². The average molecular weight is 364 g/mol. The highest BCUT2D eigenvalue weighted by Gasteiger charge is 2.21. The number of rotatable bonds is 4. The predicted molar refractivity (Wildman–Crippen MR) is 103 cm³/mol. The van der Waals surface area contributed by atoms with Crippen LogP contribution in [0.25, 0.3) is 10.9 Å². The molecule has 0 bridgehead atoms. The lowest BCUT2D eigenvalue weighted by Crippen LogP contribution is -2.36. The molecule has 0 unspecified atom stereocenters. The molecule has 1 aromatic carbocycles. The Morgan fingerprint density at radius 1 is 1.19 bits per heavy atom. The molecule has 138 valence electrons. The number of nitrogens with zero attached hydrogens (tertiary/aromatic N) is 1. The van der Waals surface area contributed by atoms with Crippen molar-refractivity contribution in [1.82, 2.24) is 14.9 Å². The van der Waals surface area contributed by atoms with Crippen LogP contribution in [0.2, 0.25) is 0 Å². The number of anilines is 1. The average Bonchev–Trinajstić information content (AvgIpc) is 3.12. The highest BCUT2D eigenvalue weighted by atomic mass is 16.2. The summed E-state index contributed by atoms with van der Waals surface area (Å²) in [7, 11) is 0. The van der Waals surface area contributed by atoms with Crippen LogP contribution >= 0.6 is 0 Å². The number of pyridine rings is 1. The fourth-order valence-electron chi connectivity index (χ4n) is 3.43. The van der Waals surface area contributed by atoms with E-state index in [0.717, 1.165) is 22.0 Å². The van der Waals surface area contributed by atoms with Crippen LogP contribution in [-0.4, -0.2) is 21.4 Å². The van der Waals surface area contributed by atoms with Crippen molar-refractivity contribution < 1.29 is 9.59 Å². The Bertz CT molecular complexity index is 1110. The summed E-state index contributed by atoms with van der Waals surface area (Å²) in [5.41, 5.74) is 3.53. The highest BCUT2D eigenvalue weighted by Crippen LogP contribution is 2.19. The zero-order valence-electron chi connectivity index (χ0n) is 15.0. The SMILES string of the molecule is Cc1cc2c(c(=O)n1CC(=O)NCc1ccc3[nH]ccc3c1)NC(=O)CC2. The molecule has 2 amide bonds. The second-order valence-corrected chi connectivity index (χ2v) is 6.80. The fourth-order valence-corrected chi connectivity index (χ4v) is 3.43. The second kappa shape index (κ2) is 6.75. The summed E-state index contributed by atoms with van der Waals surface area (Å²) in [6, 6.07) is 9.77. The molecule has 0 spiro atoms. The van der Waals surface area contributed by atoms with Crippen LogP contribution < -0.4 is 16.2 Å². The van der Waals surface area contributed by atoms with Crippen LogP contribution in [0.5, 0.6) is 0 Å². The Balaban J connectivity index is 1.48. The maximum absolute atomic E-state index is 12.7. The zero-order valence-corrected chi connectivity index (χ0v) is 15.0. The Morgan fingerprint density at radius 2 is 2.04 bits per heavy atom. The quantitative estimate of drug-likeness (QED) is 0.659. The molecule has 3 aromatic rings. The van der Waals surface area contributed by atoms with E-state index in [1.165, 1.54) is 4.57 Å². The maximum Gasteiger partial charge on any atom is 0.275 e. The predicted octanol–water partition coefficient (Wildman–Crippen LogP) is 1.84. The number of aromatic amines is 1. The first-order valence-corrected chi connectivity index (χ1v) is 8.87. The molecule has 3 N–H and O–H groups in total. The number of amides is 2. The number of nitrogens with one attached hydrogen (secondary N) is 3. The van der Waals surface area contributed by atoms with E-state index in [0.29, 0.717) is 30.8 Å². The summed E-state index contributed by atoms with van der Waals surface area (Å²) in [5.74, 6) is -0.420. The Labute approximate surface area is 155 Å². The van der Waals surface area contributed by atoms with E-state index >= 15 is 0 Å². The van der Waals surface area contributed by atoms with Gasteiger partial charge in [0, 0.05) is 30.4 Å². The van der Waals surface area contributed by atoms with E-state index in [4.69, 9.17) is 0 Å². The number of carbonyl (C=O) groups is 2. The van der Waals surface area contributed by atoms with Gasteiger partial charge < -0.3 is 20.2 Å². The molecule has 0 aliphatic carbocycles. The van der Waals surface area contributed by atoms with Crippen molar-refractivity contribution in [3.63, 3.8) is 0 Å². The first-order chi connectivity index (χ1) is 13.0. The first-order valence-electron chi connectivity index (χ1n) is 8.87. The topological polar surface area (TPSA) is 96.0 Å². The summed E-state index contributed by atoms with van der Waals surface area (Å²) >= 11 is 0. The van der Waals surface area contributed by atoms with Gasteiger partial charge in [0.05, 0.1) is 0 Å². The number of aromatic nitrogens is 2. The van der Waals surface area contributed by atoms with Crippen molar-refractivity contribution in [2.24, 2.45) is 0 Å². The summed E-state index contributed by atoms with van der Waals surface area (Å²) in [6.45, 7) is 2.10. The van der Waals surface area contributed by atoms with Crippen LogP contribution in [0.4, 0.5) is 5.69 Å². The number of fused-ring (bicyclic) bond motifs is 2. The Hall–Kier alpha value is -3.35. The van der Waals surface area contributed by atoms with Gasteiger partial charge in [0.2, 0.25) is 11.8 Å². The van der Waals surface area contributed by atoms with E-state index < -0.39 is 0 Å². The van der Waals surface area contributed by atoms with E-state index in [9.17, 15) is 14.4 Å². The van der Waals surface area contributed by atoms with E-state index in [2.05, 4.69) is 15.6 Å². The molecule has 1 aliphatic heterocycles. The van der Waals surface area contributed by atoms with Gasteiger partial charge in [0.15, 0.2) is 0 Å². The number of H-pyrrole nitrogens is 1. The van der Waals surface area contributed by atoms with Crippen LogP contribution in [0.15, 0.2) is 41.3 Å². The molecule has 0 fully saturated rings. The third-order valence-electron chi connectivity index (χ3n) is 4.88. The molecule has 4 rings (SSSR count). The zero-order chi connectivity index (χ0) is 19.0. The number of aryl methyl sites for hydroxylation is 2. The summed E-state index contributed by atoms with van der Waals surface area (Å²) < 4.78 is 1.40. The lowest BCUT2D eigenvalue weighted by atomic mass is 10.0. The molecular formula is C20H20N4O3. The van der Waals surface area contributed by atoms with Gasteiger partial charge >= 0.3 is 0 Å². The molecule has 0 radical (unpaired) electrons. The van der Waals surface area contributed by atoms with E-state index in [1.54, 1.807) is 6.92 Å². The number of hydrogen-bond acceptors (Lipinski definition) is 3. The van der Waals surface area contributed by atoms with Crippen molar-refractivity contribution in [1.29, 1.82) is 0 Å². The van der Waals surface area contributed by atoms with Gasteiger partial charge in [-0.1, -0.05) is 6.07 Å². The van der Waals surface area contributed by atoms with Gasteiger partial charge in [-0.3, -0.25) is 14.4 Å². The Morgan fingerprint density at radius 3 is 2.89 bits per heavy atom. The standard InChI is InChI=1S/C20H20N4O3/c1-12-8-15-3-5-17(25)23-19(15)20(27)24(12)11-18(26)22-10-13-2-4-16-14(9-13)6-7-21-16/h2,4,6-9,21H,3,5,10-11H2,1H3,(H,22,26)(H,23,25). The smallest absolute Gasteiger partial charge is 0.275 e. The van der Waals surface area contributed by atoms with Crippen molar-refractivity contribution >= 4 is 28.4 Å². The van der Waals surface area contributed by atoms with Crippen molar-refractivity contribution in [2.75, 3.05) is 5.32 Å². The van der Waals surface area contributed by atoms with Gasteiger partial charge in [-0.05, 0) is 54.1 Å². The minimum atomic E-state index is -0.332. The van der Waals surface area contributed by atoms with Crippen LogP contribution in [-0.2, 0) is 29.1 Å². The van der Waals surface area contributed by atoms with Crippen LogP contribution in [0.3, 0.4) is 0 Å². The fraction of sp³-hybridized carbons (Fsp3) is 0.250. The minimum absolute atomic E-state index is 0.0831. The largest absolute Gasteiger partial charge is 0.361 e. The maximum atomic E-state index is 12.7. The minimum Gasteiger partial charge on any atom is -0.361 e. The molecule has 7 heteroatoms. The van der Waals surface area contributed by atoms with Crippen LogP contribution in [0.1, 0.15) is 23.2 Å². The van der Waals surface area contributed by atoms with Gasteiger partial charge in [-0.15, -0.1) is 0 Å². The number of benzene rings is 1. The van der Waals surface area contributed by atoms with Gasteiger partial charge in [0.25, 0.3) is 5.56 Å². The van der Waals surface area contributed by atoms with Gasteiger partial charge in [-0.2, -0.15) is 0 Å². The molecule has 27 heavy (non-hydrogen) atoms. The summed E-state index contributed by atoms with van der Waals surface area (Å²) in [5, 5.41) is 6.57. The van der Waals surface area contributed by atoms with Crippen molar-refractivity contribution in [3.8, 4) is 0 Å². The van der Waals surface area contributed by atoms with Crippen LogP contribution in [0, 0.1) is 6.92 Å². The lowest BCUT2D eigenvalue weighted by Gasteiger charge is -2.19. The summed E-state index contributed by atoms with van der Waals surface area (Å²) in [4.78, 5) is 39.8. The third kappa shape index (κ3) is 3.36. The lowest BCUT2D eigenvalue weighted by molar-refractivity contribution is -0.122. The molecule has 7 nitrogen and oxygen atoms in total.